The smallest absolute Gasteiger partial charge is 0.229 e. The number of aromatic nitrogens is 1. The van der Waals surface area contributed by atoms with Crippen molar-refractivity contribution in [2.75, 3.05) is 30.0 Å². The van der Waals surface area contributed by atoms with Gasteiger partial charge in [0, 0.05) is 25.1 Å². The molecule has 2 aromatic rings. The molecular weight excluding hydrogens is 357 g/mol. The number of hydrogen-bond acceptors (Lipinski definition) is 4. The molecule has 0 radical (unpaired) electrons. The standard InChI is InChI=1S/C22H28FN3O2/c1-14(2)22(28)25(4)20-12-24-21(26-10-6-7-16(26)13-27)11-18(20)17-8-5-9-19(23)15(17)3/h5,8-9,11-12,14,16,27H,6-7,10,13H2,1-4H3. The van der Waals surface area contributed by atoms with Crippen molar-refractivity contribution < 1.29 is 14.3 Å². The topological polar surface area (TPSA) is 56.7 Å². The second-order valence-corrected chi connectivity index (χ2v) is 7.70. The van der Waals surface area contributed by atoms with E-state index in [-0.39, 0.29) is 30.3 Å². The number of amides is 1. The number of anilines is 2. The lowest BCUT2D eigenvalue weighted by Gasteiger charge is -2.27. The van der Waals surface area contributed by atoms with Gasteiger partial charge in [0.15, 0.2) is 0 Å². The average Bonchev–Trinajstić information content (AvgIpc) is 3.17. The Morgan fingerprint density at radius 2 is 2.14 bits per heavy atom. The molecule has 0 bridgehead atoms. The van der Waals surface area contributed by atoms with Crippen LogP contribution in [0.1, 0.15) is 32.3 Å². The van der Waals surface area contributed by atoms with Crippen LogP contribution in [0.15, 0.2) is 30.5 Å². The number of rotatable bonds is 5. The first-order chi connectivity index (χ1) is 13.3. The fourth-order valence-corrected chi connectivity index (χ4v) is 3.81. The minimum Gasteiger partial charge on any atom is -0.394 e. The van der Waals surface area contributed by atoms with Crippen molar-refractivity contribution in [2.45, 2.75) is 39.7 Å². The molecule has 5 nitrogen and oxygen atoms in total. The second kappa shape index (κ2) is 8.27. The largest absolute Gasteiger partial charge is 0.394 e. The predicted octanol–water partition coefficient (Wildman–Crippen LogP) is 3.78. The number of aliphatic hydroxyl groups is 1. The summed E-state index contributed by atoms with van der Waals surface area (Å²) in [4.78, 5) is 20.9. The molecule has 150 valence electrons. The maximum Gasteiger partial charge on any atom is 0.229 e. The molecule has 28 heavy (non-hydrogen) atoms. The Morgan fingerprint density at radius 3 is 2.82 bits per heavy atom. The third-order valence-electron chi connectivity index (χ3n) is 5.49. The molecule has 1 aromatic heterocycles. The quantitative estimate of drug-likeness (QED) is 0.851. The number of benzene rings is 1. The number of halogens is 1. The lowest BCUT2D eigenvalue weighted by atomic mass is 9.98. The van der Waals surface area contributed by atoms with Gasteiger partial charge in [0.2, 0.25) is 5.91 Å². The lowest BCUT2D eigenvalue weighted by molar-refractivity contribution is -0.121. The number of pyridine rings is 1. The van der Waals surface area contributed by atoms with Crippen LogP contribution >= 0.6 is 0 Å². The van der Waals surface area contributed by atoms with E-state index in [2.05, 4.69) is 9.88 Å². The van der Waals surface area contributed by atoms with E-state index >= 15 is 0 Å². The molecule has 1 fully saturated rings. The van der Waals surface area contributed by atoms with E-state index in [9.17, 15) is 14.3 Å². The number of hydrogen-bond donors (Lipinski definition) is 1. The molecule has 1 atom stereocenters. The van der Waals surface area contributed by atoms with Crippen LogP contribution in [0.2, 0.25) is 0 Å². The summed E-state index contributed by atoms with van der Waals surface area (Å²) >= 11 is 0. The molecule has 1 unspecified atom stereocenters. The molecule has 1 aliphatic heterocycles. The van der Waals surface area contributed by atoms with E-state index in [0.29, 0.717) is 11.3 Å². The van der Waals surface area contributed by atoms with Crippen molar-refractivity contribution in [3.05, 3.63) is 41.8 Å². The Bertz CT molecular complexity index is 869. The number of carbonyl (C=O) groups excluding carboxylic acids is 1. The van der Waals surface area contributed by atoms with Gasteiger partial charge in [-0.25, -0.2) is 9.37 Å². The van der Waals surface area contributed by atoms with Crippen molar-refractivity contribution in [2.24, 2.45) is 5.92 Å². The predicted molar refractivity (Wildman–Crippen MR) is 110 cm³/mol. The maximum absolute atomic E-state index is 14.3. The van der Waals surface area contributed by atoms with Crippen LogP contribution in [-0.2, 0) is 4.79 Å². The van der Waals surface area contributed by atoms with Crippen LogP contribution in [0.3, 0.4) is 0 Å². The van der Waals surface area contributed by atoms with Gasteiger partial charge in [-0.2, -0.15) is 0 Å². The number of nitrogens with zero attached hydrogens (tertiary/aromatic N) is 3. The highest BCUT2D eigenvalue weighted by Crippen LogP contribution is 2.37. The second-order valence-electron chi connectivity index (χ2n) is 7.70. The minimum absolute atomic E-state index is 0.0285. The van der Waals surface area contributed by atoms with Gasteiger partial charge in [0.25, 0.3) is 0 Å². The molecule has 1 saturated heterocycles. The lowest BCUT2D eigenvalue weighted by Crippen LogP contribution is -2.33. The van der Waals surface area contributed by atoms with Gasteiger partial charge in [-0.05, 0) is 43.0 Å². The van der Waals surface area contributed by atoms with Crippen molar-refractivity contribution in [3.63, 3.8) is 0 Å². The fraction of sp³-hybridized carbons (Fsp3) is 0.455. The van der Waals surface area contributed by atoms with Crippen LogP contribution in [-0.4, -0.2) is 42.2 Å². The molecule has 0 aliphatic carbocycles. The van der Waals surface area contributed by atoms with Gasteiger partial charge >= 0.3 is 0 Å². The molecule has 3 rings (SSSR count). The van der Waals surface area contributed by atoms with Crippen molar-refractivity contribution in [1.82, 2.24) is 4.98 Å². The van der Waals surface area contributed by atoms with E-state index in [1.165, 1.54) is 6.07 Å². The summed E-state index contributed by atoms with van der Waals surface area (Å²) < 4.78 is 14.3. The zero-order valence-corrected chi connectivity index (χ0v) is 16.9. The van der Waals surface area contributed by atoms with Crippen LogP contribution in [0.4, 0.5) is 15.9 Å². The van der Waals surface area contributed by atoms with E-state index < -0.39 is 0 Å². The third kappa shape index (κ3) is 3.74. The SMILES string of the molecule is Cc1c(F)cccc1-c1cc(N2CCCC2CO)ncc1N(C)C(=O)C(C)C. The van der Waals surface area contributed by atoms with Gasteiger partial charge in [-0.15, -0.1) is 0 Å². The van der Waals surface area contributed by atoms with Crippen LogP contribution in [0, 0.1) is 18.7 Å². The Balaban J connectivity index is 2.15. The highest BCUT2D eigenvalue weighted by atomic mass is 19.1. The summed E-state index contributed by atoms with van der Waals surface area (Å²) in [7, 11) is 1.73. The fourth-order valence-electron chi connectivity index (χ4n) is 3.81. The summed E-state index contributed by atoms with van der Waals surface area (Å²) in [5.74, 6) is 0.265. The highest BCUT2D eigenvalue weighted by Gasteiger charge is 2.27. The molecule has 2 heterocycles. The molecule has 1 amide bonds. The Labute approximate surface area is 165 Å². The van der Waals surface area contributed by atoms with Gasteiger partial charge in [-0.3, -0.25) is 4.79 Å². The molecule has 1 N–H and O–H groups in total. The van der Waals surface area contributed by atoms with Crippen molar-refractivity contribution in [1.29, 1.82) is 0 Å². The summed E-state index contributed by atoms with van der Waals surface area (Å²) in [6.07, 6.45) is 3.59. The first-order valence-corrected chi connectivity index (χ1v) is 9.75. The average molecular weight is 385 g/mol. The van der Waals surface area contributed by atoms with E-state index in [4.69, 9.17) is 0 Å². The summed E-state index contributed by atoms with van der Waals surface area (Å²) in [6.45, 7) is 6.34. The van der Waals surface area contributed by atoms with Gasteiger partial charge in [0.1, 0.15) is 11.6 Å². The molecule has 6 heteroatoms. The number of carbonyl (C=O) groups is 1. The van der Waals surface area contributed by atoms with Gasteiger partial charge < -0.3 is 14.9 Å². The maximum atomic E-state index is 14.3. The molecule has 0 saturated carbocycles. The van der Waals surface area contributed by atoms with E-state index in [1.54, 1.807) is 31.1 Å². The molecule has 0 spiro atoms. The summed E-state index contributed by atoms with van der Waals surface area (Å²) in [5, 5.41) is 9.67. The molecule has 1 aromatic carbocycles. The van der Waals surface area contributed by atoms with E-state index in [0.717, 1.165) is 36.3 Å². The Kier molecular flexibility index (Phi) is 5.98. The summed E-state index contributed by atoms with van der Waals surface area (Å²) in [6, 6.07) is 6.93. The number of aliphatic hydroxyl groups excluding tert-OH is 1. The van der Waals surface area contributed by atoms with E-state index in [1.807, 2.05) is 26.0 Å². The van der Waals surface area contributed by atoms with Crippen LogP contribution in [0.25, 0.3) is 11.1 Å². The minimum atomic E-state index is -0.283. The van der Waals surface area contributed by atoms with Crippen molar-refractivity contribution in [3.8, 4) is 11.1 Å². The first-order valence-electron chi connectivity index (χ1n) is 9.75. The normalized spacial score (nSPS) is 16.7. The van der Waals surface area contributed by atoms with Gasteiger partial charge in [-0.1, -0.05) is 26.0 Å². The third-order valence-corrected chi connectivity index (χ3v) is 5.49. The highest BCUT2D eigenvalue weighted by molar-refractivity contribution is 5.98. The van der Waals surface area contributed by atoms with Crippen molar-refractivity contribution >= 4 is 17.4 Å². The van der Waals surface area contributed by atoms with Gasteiger partial charge in [0.05, 0.1) is 24.5 Å². The first kappa shape index (κ1) is 20.3. The summed E-state index contributed by atoms with van der Waals surface area (Å²) in [5.41, 5.74) is 2.69. The Morgan fingerprint density at radius 1 is 1.39 bits per heavy atom. The zero-order valence-electron chi connectivity index (χ0n) is 16.9. The monoisotopic (exact) mass is 385 g/mol. The van der Waals surface area contributed by atoms with Crippen LogP contribution in [0.5, 0.6) is 0 Å². The molecule has 1 aliphatic rings. The zero-order chi connectivity index (χ0) is 20.4. The molecular formula is C22H28FN3O2. The Hall–Kier alpha value is -2.47. The van der Waals surface area contributed by atoms with Crippen LogP contribution < -0.4 is 9.80 Å².